The van der Waals surface area contributed by atoms with Gasteiger partial charge in [0.25, 0.3) is 5.95 Å². The predicted molar refractivity (Wildman–Crippen MR) is 133 cm³/mol. The fourth-order valence-corrected chi connectivity index (χ4v) is 4.30. The van der Waals surface area contributed by atoms with Crippen LogP contribution >= 0.6 is 0 Å². The van der Waals surface area contributed by atoms with Gasteiger partial charge < -0.3 is 9.13 Å². The van der Waals surface area contributed by atoms with E-state index in [1.807, 2.05) is 41.9 Å². The molecule has 7 nitrogen and oxygen atoms in total. The molecule has 0 radical (unpaired) electrons. The largest absolute Gasteiger partial charge is 0.342 e. The zero-order chi connectivity index (χ0) is 22.2. The lowest BCUT2D eigenvalue weighted by Gasteiger charge is -2.05. The molecule has 160 valence electrons. The average molecular weight is 432 g/mol. The summed E-state index contributed by atoms with van der Waals surface area (Å²) in [6.45, 7) is 0.799. The third-order valence-corrected chi connectivity index (χ3v) is 5.89. The van der Waals surface area contributed by atoms with Crippen molar-refractivity contribution >= 4 is 45.1 Å². The Balaban J connectivity index is 1.30. The molecule has 0 saturated carbocycles. The minimum atomic E-state index is 0.359. The summed E-state index contributed by atoms with van der Waals surface area (Å²) >= 11 is 0. The van der Waals surface area contributed by atoms with Crippen LogP contribution < -0.4 is 5.43 Å². The van der Waals surface area contributed by atoms with Gasteiger partial charge in [0.2, 0.25) is 0 Å². The van der Waals surface area contributed by atoms with Gasteiger partial charge in [0.15, 0.2) is 5.65 Å². The fourth-order valence-electron chi connectivity index (χ4n) is 4.30. The van der Waals surface area contributed by atoms with E-state index in [2.05, 4.69) is 85.0 Å². The molecule has 0 amide bonds. The van der Waals surface area contributed by atoms with Crippen LogP contribution in [-0.4, -0.2) is 30.5 Å². The molecule has 0 aliphatic heterocycles. The van der Waals surface area contributed by atoms with Crippen molar-refractivity contribution < 1.29 is 0 Å². The number of anilines is 1. The minimum absolute atomic E-state index is 0.359. The summed E-state index contributed by atoms with van der Waals surface area (Å²) in [7, 11) is 1.98. The SMILES string of the molecule is Cn1c2ccccc2c2nnc(N/N=C/c3cn(Cc4ccccc4)c4ccccc34)nc21. The molecule has 0 aliphatic carbocycles. The summed E-state index contributed by atoms with van der Waals surface area (Å²) in [5.41, 5.74) is 9.00. The number of aryl methyl sites for hydroxylation is 1. The molecule has 6 rings (SSSR count). The van der Waals surface area contributed by atoms with Crippen molar-refractivity contribution in [2.45, 2.75) is 6.54 Å². The smallest absolute Gasteiger partial charge is 0.265 e. The number of para-hydroxylation sites is 2. The Kier molecular flexibility index (Phi) is 4.58. The first kappa shape index (κ1) is 19.2. The third kappa shape index (κ3) is 3.40. The Morgan fingerprint density at radius 2 is 1.58 bits per heavy atom. The van der Waals surface area contributed by atoms with Gasteiger partial charge in [-0.2, -0.15) is 10.1 Å². The maximum Gasteiger partial charge on any atom is 0.265 e. The lowest BCUT2D eigenvalue weighted by molar-refractivity contribution is 0.836. The molecule has 3 heterocycles. The third-order valence-electron chi connectivity index (χ3n) is 5.89. The molecule has 3 aromatic carbocycles. The normalized spacial score (nSPS) is 11.8. The van der Waals surface area contributed by atoms with Gasteiger partial charge in [0.05, 0.1) is 11.7 Å². The van der Waals surface area contributed by atoms with Gasteiger partial charge in [-0.05, 0) is 17.7 Å². The van der Waals surface area contributed by atoms with Crippen molar-refractivity contribution in [2.24, 2.45) is 12.1 Å². The predicted octanol–water partition coefficient (Wildman–Crippen LogP) is 4.97. The van der Waals surface area contributed by atoms with E-state index in [0.29, 0.717) is 5.95 Å². The Morgan fingerprint density at radius 3 is 2.42 bits per heavy atom. The molecular weight excluding hydrogens is 410 g/mol. The van der Waals surface area contributed by atoms with Crippen molar-refractivity contribution in [2.75, 3.05) is 5.43 Å². The van der Waals surface area contributed by atoms with Crippen molar-refractivity contribution in [1.29, 1.82) is 0 Å². The Hall–Kier alpha value is -4.52. The van der Waals surface area contributed by atoms with Crippen LogP contribution in [0.4, 0.5) is 5.95 Å². The Labute approximate surface area is 190 Å². The molecule has 0 aliphatic rings. The van der Waals surface area contributed by atoms with Crippen molar-refractivity contribution in [1.82, 2.24) is 24.3 Å². The van der Waals surface area contributed by atoms with E-state index in [4.69, 9.17) is 0 Å². The first-order valence-corrected chi connectivity index (χ1v) is 10.8. The topological polar surface area (TPSA) is 72.9 Å². The molecule has 0 saturated heterocycles. The standard InChI is InChI=1S/C26H21N7/c1-32-22-13-7-6-12-21(22)24-25(32)28-26(31-29-24)30-27-15-19-17-33(16-18-9-3-2-4-10-18)23-14-8-5-11-20(19)23/h2-15,17H,16H2,1H3,(H,28,30,31)/b27-15+. The van der Waals surface area contributed by atoms with E-state index in [-0.39, 0.29) is 0 Å². The zero-order valence-corrected chi connectivity index (χ0v) is 18.1. The number of benzene rings is 3. The van der Waals surface area contributed by atoms with E-state index in [9.17, 15) is 0 Å². The molecule has 3 aromatic heterocycles. The highest BCUT2D eigenvalue weighted by Crippen LogP contribution is 2.25. The Bertz CT molecular complexity index is 1630. The fraction of sp³-hybridized carbons (Fsp3) is 0.0769. The summed E-state index contributed by atoms with van der Waals surface area (Å²) in [6, 6.07) is 26.9. The van der Waals surface area contributed by atoms with Crippen LogP contribution in [0.25, 0.3) is 33.0 Å². The van der Waals surface area contributed by atoms with Gasteiger partial charge in [-0.15, -0.1) is 10.2 Å². The van der Waals surface area contributed by atoms with Gasteiger partial charge in [0, 0.05) is 41.6 Å². The van der Waals surface area contributed by atoms with E-state index in [0.717, 1.165) is 45.1 Å². The number of fused-ring (bicyclic) bond motifs is 4. The molecule has 0 unspecified atom stereocenters. The molecular formula is C26H21N7. The summed E-state index contributed by atoms with van der Waals surface area (Å²) < 4.78 is 4.26. The van der Waals surface area contributed by atoms with Crippen molar-refractivity contribution in [3.63, 3.8) is 0 Å². The van der Waals surface area contributed by atoms with E-state index in [1.165, 1.54) is 5.56 Å². The summed E-state index contributed by atoms with van der Waals surface area (Å²) in [4.78, 5) is 4.63. The maximum absolute atomic E-state index is 4.63. The molecule has 0 fully saturated rings. The lowest BCUT2D eigenvalue weighted by Crippen LogP contribution is -2.00. The summed E-state index contributed by atoms with van der Waals surface area (Å²) in [6.07, 6.45) is 3.92. The van der Waals surface area contributed by atoms with Crippen LogP contribution in [0.1, 0.15) is 11.1 Å². The molecule has 33 heavy (non-hydrogen) atoms. The van der Waals surface area contributed by atoms with E-state index in [1.54, 1.807) is 6.21 Å². The number of nitrogens with zero attached hydrogens (tertiary/aromatic N) is 6. The molecule has 7 heteroatoms. The highest BCUT2D eigenvalue weighted by molar-refractivity contribution is 6.04. The Morgan fingerprint density at radius 1 is 0.848 bits per heavy atom. The molecule has 0 bridgehead atoms. The van der Waals surface area contributed by atoms with Gasteiger partial charge in [0.1, 0.15) is 5.52 Å². The van der Waals surface area contributed by atoms with Gasteiger partial charge in [-0.3, -0.25) is 0 Å². The lowest BCUT2D eigenvalue weighted by atomic mass is 10.2. The van der Waals surface area contributed by atoms with Crippen LogP contribution in [0, 0.1) is 0 Å². The van der Waals surface area contributed by atoms with E-state index >= 15 is 0 Å². The van der Waals surface area contributed by atoms with Gasteiger partial charge in [-0.25, -0.2) is 5.43 Å². The minimum Gasteiger partial charge on any atom is -0.342 e. The summed E-state index contributed by atoms with van der Waals surface area (Å²) in [5.74, 6) is 0.359. The average Bonchev–Trinajstić information content (AvgIpc) is 3.35. The zero-order valence-electron chi connectivity index (χ0n) is 18.1. The van der Waals surface area contributed by atoms with Crippen LogP contribution in [0.3, 0.4) is 0 Å². The highest BCUT2D eigenvalue weighted by atomic mass is 15.4. The van der Waals surface area contributed by atoms with Gasteiger partial charge >= 0.3 is 0 Å². The monoisotopic (exact) mass is 431 g/mol. The molecule has 0 atom stereocenters. The van der Waals surface area contributed by atoms with Crippen LogP contribution in [-0.2, 0) is 13.6 Å². The number of hydrogen-bond acceptors (Lipinski definition) is 5. The van der Waals surface area contributed by atoms with Crippen LogP contribution in [0.5, 0.6) is 0 Å². The first-order chi connectivity index (χ1) is 16.3. The second kappa shape index (κ2) is 7.87. The summed E-state index contributed by atoms with van der Waals surface area (Å²) in [5, 5.41) is 15.2. The molecule has 6 aromatic rings. The number of nitrogens with one attached hydrogen (secondary N) is 1. The number of hydrazone groups is 1. The number of rotatable bonds is 5. The number of aromatic nitrogens is 5. The second-order valence-electron chi connectivity index (χ2n) is 7.97. The first-order valence-electron chi connectivity index (χ1n) is 10.8. The van der Waals surface area contributed by atoms with Crippen LogP contribution in [0.2, 0.25) is 0 Å². The van der Waals surface area contributed by atoms with E-state index < -0.39 is 0 Å². The molecule has 1 N–H and O–H groups in total. The van der Waals surface area contributed by atoms with Crippen molar-refractivity contribution in [3.05, 3.63) is 96.2 Å². The van der Waals surface area contributed by atoms with Crippen LogP contribution in [0.15, 0.2) is 90.2 Å². The quantitative estimate of drug-likeness (QED) is 0.309. The number of hydrogen-bond donors (Lipinski definition) is 1. The van der Waals surface area contributed by atoms with Gasteiger partial charge in [-0.1, -0.05) is 66.7 Å². The molecule has 0 spiro atoms. The maximum atomic E-state index is 4.63. The highest BCUT2D eigenvalue weighted by Gasteiger charge is 2.12. The van der Waals surface area contributed by atoms with Crippen molar-refractivity contribution in [3.8, 4) is 0 Å². The second-order valence-corrected chi connectivity index (χ2v) is 7.97.